The van der Waals surface area contributed by atoms with Crippen molar-refractivity contribution in [3.63, 3.8) is 0 Å². The average Bonchev–Trinajstić information content (AvgIpc) is 3.19. The predicted molar refractivity (Wildman–Crippen MR) is 229 cm³/mol. The van der Waals surface area contributed by atoms with Crippen LogP contribution in [0.1, 0.15) is 146 Å². The lowest BCUT2D eigenvalue weighted by Gasteiger charge is -2.22. The van der Waals surface area contributed by atoms with E-state index in [-0.39, 0.29) is 29.5 Å². The number of amides is 4. The van der Waals surface area contributed by atoms with Crippen LogP contribution in [0.2, 0.25) is 0 Å². The summed E-state index contributed by atoms with van der Waals surface area (Å²) in [6.07, 6.45) is 12.5. The highest BCUT2D eigenvalue weighted by atomic mass is 16.5. The molecule has 0 saturated heterocycles. The Morgan fingerprint density at radius 3 is 1.54 bits per heavy atom. The van der Waals surface area contributed by atoms with E-state index in [9.17, 15) is 19.2 Å². The molecule has 3 aromatic rings. The molecule has 0 aliphatic rings. The molecule has 4 amide bonds. The number of nitrogens with one attached hydrogen (secondary N) is 4. The van der Waals surface area contributed by atoms with Gasteiger partial charge < -0.3 is 30.7 Å². The normalized spacial score (nSPS) is 12.7. The van der Waals surface area contributed by atoms with Gasteiger partial charge in [-0.1, -0.05) is 111 Å². The summed E-state index contributed by atoms with van der Waals surface area (Å²) in [6.45, 7) is 15.5. The summed E-state index contributed by atoms with van der Waals surface area (Å²) in [5.41, 5.74) is 1.65. The lowest BCUT2D eigenvalue weighted by Crippen LogP contribution is -2.34. The SMILES string of the molecule is CCCCC(CC)CNC(=O)c1cc(C(=O)NCC(=O)Nc2ccc3ccc(NC(C)=O)cc3c2)c(OCC(CC)CCCC)cc1OCC(CC)CCCC. The van der Waals surface area contributed by atoms with Crippen molar-refractivity contribution in [2.24, 2.45) is 17.8 Å². The molecule has 4 N–H and O–H groups in total. The average molecular weight is 773 g/mol. The third-order valence-corrected chi connectivity index (χ3v) is 10.6. The Labute approximate surface area is 335 Å². The van der Waals surface area contributed by atoms with Gasteiger partial charge in [-0.3, -0.25) is 19.2 Å². The highest BCUT2D eigenvalue weighted by molar-refractivity contribution is 6.05. The highest BCUT2D eigenvalue weighted by Crippen LogP contribution is 2.32. The standard InChI is InChI=1S/C46H68N4O6/c1-8-14-17-33(11-4)28-47-45(53)40-26-41(43(56-31-35(13-6)19-16-10-3)27-42(40)55-30-34(12-5)18-15-9-2)46(54)48-29-44(52)50-39-23-21-36-20-22-38(49-32(7)51)24-37(36)25-39/h20-27,33-35H,8-19,28-31H2,1-7H3,(H,47,53)(H,48,54)(H,49,51)(H,50,52). The van der Waals surface area contributed by atoms with Crippen molar-refractivity contribution in [1.29, 1.82) is 0 Å². The predicted octanol–water partition coefficient (Wildman–Crippen LogP) is 10.3. The monoisotopic (exact) mass is 773 g/mol. The Morgan fingerprint density at radius 2 is 1.05 bits per heavy atom. The first kappa shape index (κ1) is 45.8. The molecular formula is C46H68N4O6. The van der Waals surface area contributed by atoms with Gasteiger partial charge in [0, 0.05) is 30.9 Å². The number of unbranched alkanes of at least 4 members (excludes halogenated alkanes) is 3. The van der Waals surface area contributed by atoms with Gasteiger partial charge in [0.25, 0.3) is 11.8 Å². The van der Waals surface area contributed by atoms with E-state index in [2.05, 4.69) is 62.8 Å². The number of hydrogen-bond acceptors (Lipinski definition) is 6. The molecule has 3 rings (SSSR count). The molecule has 10 heteroatoms. The first-order valence-corrected chi connectivity index (χ1v) is 21.2. The third kappa shape index (κ3) is 15.1. The second-order valence-corrected chi connectivity index (χ2v) is 15.1. The molecule has 0 spiro atoms. The second kappa shape index (κ2) is 24.8. The maximum atomic E-state index is 14.0. The minimum atomic E-state index is -0.528. The van der Waals surface area contributed by atoms with Crippen molar-refractivity contribution >= 4 is 45.8 Å². The zero-order chi connectivity index (χ0) is 40.9. The first-order chi connectivity index (χ1) is 27.0. The van der Waals surface area contributed by atoms with Crippen LogP contribution in [0.5, 0.6) is 11.5 Å². The number of carbonyl (C=O) groups is 4. The Bertz CT molecular complexity index is 1710. The molecule has 0 fully saturated rings. The summed E-state index contributed by atoms with van der Waals surface area (Å²) in [5, 5.41) is 13.3. The molecule has 3 atom stereocenters. The van der Waals surface area contributed by atoms with Crippen LogP contribution in [0.25, 0.3) is 10.8 Å². The fourth-order valence-electron chi connectivity index (χ4n) is 6.71. The molecule has 0 aliphatic heterocycles. The lowest BCUT2D eigenvalue weighted by molar-refractivity contribution is -0.115. The fourth-order valence-corrected chi connectivity index (χ4v) is 6.71. The Kier molecular flexibility index (Phi) is 20.3. The molecule has 0 aliphatic carbocycles. The van der Waals surface area contributed by atoms with Crippen molar-refractivity contribution in [2.75, 3.05) is 36.9 Å². The number of rotatable bonds is 26. The molecule has 0 heterocycles. The van der Waals surface area contributed by atoms with Gasteiger partial charge in [0.1, 0.15) is 11.5 Å². The van der Waals surface area contributed by atoms with Gasteiger partial charge in [0.15, 0.2) is 0 Å². The van der Waals surface area contributed by atoms with Crippen LogP contribution in [0.3, 0.4) is 0 Å². The second-order valence-electron chi connectivity index (χ2n) is 15.1. The van der Waals surface area contributed by atoms with E-state index in [0.29, 0.717) is 60.4 Å². The smallest absolute Gasteiger partial charge is 0.255 e. The first-order valence-electron chi connectivity index (χ1n) is 21.2. The van der Waals surface area contributed by atoms with Crippen LogP contribution in [-0.4, -0.2) is 49.9 Å². The van der Waals surface area contributed by atoms with Crippen LogP contribution in [0.4, 0.5) is 11.4 Å². The number of fused-ring (bicyclic) bond motifs is 1. The van der Waals surface area contributed by atoms with Crippen LogP contribution >= 0.6 is 0 Å². The van der Waals surface area contributed by atoms with Gasteiger partial charge in [-0.25, -0.2) is 0 Å². The minimum Gasteiger partial charge on any atom is -0.492 e. The fraction of sp³-hybridized carbons (Fsp3) is 0.565. The van der Waals surface area contributed by atoms with Crippen molar-refractivity contribution in [3.05, 3.63) is 59.7 Å². The summed E-state index contributed by atoms with van der Waals surface area (Å²) in [4.78, 5) is 52.7. The van der Waals surface area contributed by atoms with Gasteiger partial charge in [-0.05, 0) is 78.1 Å². The molecule has 3 unspecified atom stereocenters. The zero-order valence-electron chi connectivity index (χ0n) is 35.1. The van der Waals surface area contributed by atoms with Crippen molar-refractivity contribution < 1.29 is 28.7 Å². The molecule has 0 radical (unpaired) electrons. The molecule has 3 aromatic carbocycles. The lowest BCUT2D eigenvalue weighted by atomic mass is 9.99. The van der Waals surface area contributed by atoms with Crippen LogP contribution in [0.15, 0.2) is 48.5 Å². The maximum Gasteiger partial charge on any atom is 0.255 e. The van der Waals surface area contributed by atoms with E-state index in [0.717, 1.165) is 87.8 Å². The zero-order valence-corrected chi connectivity index (χ0v) is 35.1. The largest absolute Gasteiger partial charge is 0.492 e. The molecule has 56 heavy (non-hydrogen) atoms. The third-order valence-electron chi connectivity index (χ3n) is 10.6. The van der Waals surface area contributed by atoms with Gasteiger partial charge >= 0.3 is 0 Å². The number of carbonyl (C=O) groups excluding carboxylic acids is 4. The Hall–Kier alpha value is -4.60. The molecule has 10 nitrogen and oxygen atoms in total. The number of hydrogen-bond donors (Lipinski definition) is 4. The van der Waals surface area contributed by atoms with Crippen LogP contribution < -0.4 is 30.7 Å². The topological polar surface area (TPSA) is 135 Å². The van der Waals surface area contributed by atoms with Gasteiger partial charge in [0.05, 0.1) is 30.9 Å². The Morgan fingerprint density at radius 1 is 0.571 bits per heavy atom. The van der Waals surface area contributed by atoms with Crippen molar-refractivity contribution in [2.45, 2.75) is 126 Å². The summed E-state index contributed by atoms with van der Waals surface area (Å²) in [6, 6.07) is 14.3. The highest BCUT2D eigenvalue weighted by Gasteiger charge is 2.24. The minimum absolute atomic E-state index is 0.172. The van der Waals surface area contributed by atoms with E-state index < -0.39 is 11.8 Å². The summed E-state index contributed by atoms with van der Waals surface area (Å²) >= 11 is 0. The molecule has 0 saturated carbocycles. The summed E-state index contributed by atoms with van der Waals surface area (Å²) in [5.74, 6) is 0.270. The summed E-state index contributed by atoms with van der Waals surface area (Å²) in [7, 11) is 0. The molecule has 0 aromatic heterocycles. The van der Waals surface area contributed by atoms with Gasteiger partial charge in [0.2, 0.25) is 11.8 Å². The maximum absolute atomic E-state index is 14.0. The molecule has 308 valence electrons. The van der Waals surface area contributed by atoms with E-state index in [1.165, 1.54) is 6.92 Å². The van der Waals surface area contributed by atoms with Gasteiger partial charge in [-0.2, -0.15) is 0 Å². The van der Waals surface area contributed by atoms with E-state index in [4.69, 9.17) is 9.47 Å². The van der Waals surface area contributed by atoms with E-state index >= 15 is 0 Å². The van der Waals surface area contributed by atoms with Crippen molar-refractivity contribution in [1.82, 2.24) is 10.6 Å². The van der Waals surface area contributed by atoms with Gasteiger partial charge in [-0.15, -0.1) is 0 Å². The number of anilines is 2. The van der Waals surface area contributed by atoms with Crippen LogP contribution in [0, 0.1) is 17.8 Å². The Balaban J connectivity index is 1.92. The summed E-state index contributed by atoms with van der Waals surface area (Å²) < 4.78 is 12.9. The van der Waals surface area contributed by atoms with Crippen LogP contribution in [-0.2, 0) is 9.59 Å². The number of benzene rings is 3. The molecule has 0 bridgehead atoms. The van der Waals surface area contributed by atoms with Crippen molar-refractivity contribution in [3.8, 4) is 11.5 Å². The molecular weight excluding hydrogens is 705 g/mol. The van der Waals surface area contributed by atoms with E-state index in [1.807, 2.05) is 30.3 Å². The van der Waals surface area contributed by atoms with E-state index in [1.54, 1.807) is 18.2 Å². The quantitative estimate of drug-likeness (QED) is 0.0642. The number of ether oxygens (including phenoxy) is 2.